The molecule has 1 saturated heterocycles. The van der Waals surface area contributed by atoms with Crippen molar-refractivity contribution in [1.82, 2.24) is 40.1 Å². The summed E-state index contributed by atoms with van der Waals surface area (Å²) in [6, 6.07) is 29.2. The molecule has 2 aliphatic rings. The number of alkyl carbamates (subject to hydrolysis) is 1. The Morgan fingerprint density at radius 2 is 1.69 bits per heavy atom. The molecule has 1 aliphatic carbocycles. The smallest absolute Gasteiger partial charge is 0.408 e. The molecule has 9 rings (SSSR count). The zero-order valence-corrected chi connectivity index (χ0v) is 34.5. The van der Waals surface area contributed by atoms with Gasteiger partial charge in [0, 0.05) is 41.0 Å². The number of aromatic nitrogens is 5. The van der Waals surface area contributed by atoms with Crippen LogP contribution in [0.3, 0.4) is 0 Å². The molecule has 3 aromatic carbocycles. The highest BCUT2D eigenvalue weighted by atomic mass is 19.3. The number of halogens is 2. The topological polar surface area (TPSA) is 231 Å². The van der Waals surface area contributed by atoms with Crippen molar-refractivity contribution in [3.8, 4) is 22.4 Å². The number of ether oxygens (including phenoxy) is 1. The van der Waals surface area contributed by atoms with Gasteiger partial charge in [-0.2, -0.15) is 5.10 Å². The molecule has 4 aromatic heterocycles. The lowest BCUT2D eigenvalue weighted by molar-refractivity contribution is -0.136. The van der Waals surface area contributed by atoms with Gasteiger partial charge in [-0.25, -0.2) is 43.7 Å². The molecule has 5 heterocycles. The summed E-state index contributed by atoms with van der Waals surface area (Å²) < 4.78 is 36.2. The monoisotopic (exact) mass is 881 g/mol. The van der Waals surface area contributed by atoms with Gasteiger partial charge in [0.05, 0.1) is 35.4 Å². The van der Waals surface area contributed by atoms with Gasteiger partial charge in [-0.3, -0.25) is 14.4 Å². The number of hydrogen-bond acceptors (Lipinski definition) is 11. The summed E-state index contributed by atoms with van der Waals surface area (Å²) in [5, 5.41) is 15.5. The number of H-pyrrole nitrogens is 1. The maximum atomic E-state index is 14.6. The first-order chi connectivity index (χ1) is 31.4. The third-order valence-corrected chi connectivity index (χ3v) is 11.8. The number of pyridine rings is 3. The van der Waals surface area contributed by atoms with Crippen LogP contribution in [-0.2, 0) is 26.5 Å². The van der Waals surface area contributed by atoms with E-state index in [1.165, 1.54) is 34.9 Å². The lowest BCUT2D eigenvalue weighted by Gasteiger charge is -2.42. The van der Waals surface area contributed by atoms with Crippen molar-refractivity contribution in [2.45, 2.75) is 49.8 Å². The normalized spacial score (nSPS) is 16.1. The number of amides is 4. The van der Waals surface area contributed by atoms with Gasteiger partial charge in [-0.05, 0) is 72.4 Å². The Morgan fingerprint density at radius 1 is 0.923 bits per heavy atom. The van der Waals surface area contributed by atoms with Crippen molar-refractivity contribution < 1.29 is 32.7 Å². The number of alkyl halides is 2. The third kappa shape index (κ3) is 8.68. The number of nitrogens with zero attached hydrogens (tertiary/aromatic N) is 5. The molecule has 0 spiro atoms. The summed E-state index contributed by atoms with van der Waals surface area (Å²) in [5.74, 6) is -0.0674. The summed E-state index contributed by atoms with van der Waals surface area (Å²) in [4.78, 5) is 74.0. The first-order valence-corrected chi connectivity index (χ1v) is 20.7. The van der Waals surface area contributed by atoms with Gasteiger partial charge in [-0.1, -0.05) is 66.7 Å². The van der Waals surface area contributed by atoms with E-state index in [9.17, 15) is 32.8 Å². The molecule has 1 saturated carbocycles. The average Bonchev–Trinajstić information content (AvgIpc) is 3.87. The van der Waals surface area contributed by atoms with Crippen LogP contribution in [0.15, 0.2) is 120 Å². The van der Waals surface area contributed by atoms with E-state index in [0.29, 0.717) is 35.4 Å². The molecule has 17 nitrogen and oxygen atoms in total. The molecule has 1 atom stereocenters. The Morgan fingerprint density at radius 3 is 2.38 bits per heavy atom. The van der Waals surface area contributed by atoms with Crippen LogP contribution < -0.4 is 32.9 Å². The van der Waals surface area contributed by atoms with Crippen molar-refractivity contribution in [2.24, 2.45) is 5.84 Å². The van der Waals surface area contributed by atoms with E-state index in [1.54, 1.807) is 24.4 Å². The number of aromatic amines is 1. The van der Waals surface area contributed by atoms with E-state index < -0.39 is 60.8 Å². The van der Waals surface area contributed by atoms with Crippen molar-refractivity contribution >= 4 is 51.9 Å². The number of likely N-dealkylation sites (tertiary alicyclic amines) is 1. The van der Waals surface area contributed by atoms with Crippen LogP contribution in [0, 0.1) is 0 Å². The van der Waals surface area contributed by atoms with Crippen molar-refractivity contribution in [1.29, 1.82) is 0 Å². The Hall–Kier alpha value is -8.06. The van der Waals surface area contributed by atoms with Gasteiger partial charge in [-0.15, -0.1) is 0 Å². The van der Waals surface area contributed by atoms with Crippen LogP contribution in [-0.4, -0.2) is 78.3 Å². The number of benzene rings is 3. The number of hydrazine groups is 1. The molecular weight excluding hydrogens is 841 g/mol. The minimum atomic E-state index is -3.32. The lowest BCUT2D eigenvalue weighted by Crippen LogP contribution is -2.50. The number of nitrogens with one attached hydrogen (secondary N) is 5. The number of hydrogen-bond donors (Lipinski definition) is 6. The molecule has 7 N–H and O–H groups in total. The largest absolute Gasteiger partial charge is 0.445 e. The van der Waals surface area contributed by atoms with Crippen LogP contribution in [0.2, 0.25) is 0 Å². The van der Waals surface area contributed by atoms with E-state index in [0.717, 1.165) is 44.7 Å². The highest BCUT2D eigenvalue weighted by molar-refractivity contribution is 6.00. The number of anilines is 2. The summed E-state index contributed by atoms with van der Waals surface area (Å²) in [6.45, 7) is -1.69. The zero-order valence-electron chi connectivity index (χ0n) is 34.5. The van der Waals surface area contributed by atoms with Gasteiger partial charge >= 0.3 is 11.8 Å². The Labute approximate surface area is 368 Å². The second-order valence-corrected chi connectivity index (χ2v) is 16.0. The first kappa shape index (κ1) is 42.3. The molecule has 0 unspecified atom stereocenters. The van der Waals surface area contributed by atoms with Gasteiger partial charge in [0.2, 0.25) is 11.8 Å². The number of nitrogens with two attached hydrogens (primary N) is 1. The zero-order chi connectivity index (χ0) is 45.3. The molecular formula is C46H41F2N11O6. The second kappa shape index (κ2) is 17.2. The number of fused-ring (bicyclic) bond motifs is 3. The van der Waals surface area contributed by atoms with Crippen LogP contribution in [0.5, 0.6) is 0 Å². The Bertz CT molecular complexity index is 2990. The predicted molar refractivity (Wildman–Crippen MR) is 235 cm³/mol. The second-order valence-electron chi connectivity index (χ2n) is 16.0. The Kier molecular flexibility index (Phi) is 11.2. The molecule has 0 radical (unpaired) electrons. The quantitative estimate of drug-likeness (QED) is 0.0663. The fourth-order valence-electron chi connectivity index (χ4n) is 8.21. The highest BCUT2D eigenvalue weighted by Gasteiger charge is 2.50. The van der Waals surface area contributed by atoms with Gasteiger partial charge < -0.3 is 31.0 Å². The van der Waals surface area contributed by atoms with Gasteiger partial charge in [0.25, 0.3) is 11.8 Å². The predicted octanol–water partition coefficient (Wildman–Crippen LogP) is 5.50. The SMILES string of the molecule is NNc1ccc(C(=O)NCC(=O)N2CC(F)(F)C[C@H]2C(=O)Nc2ccc(COC(=O)NC3(c4ccc(-c5nc6ccn7c(=O)[nH]nc7c6cc5-c5ccccc5)cc4)CCC3)cc2)cn1. The number of rotatable bonds is 12. The van der Waals surface area contributed by atoms with Crippen LogP contribution in [0.4, 0.5) is 25.1 Å². The average molecular weight is 882 g/mol. The number of carbonyl (C=O) groups excluding carboxylic acids is 4. The van der Waals surface area contributed by atoms with E-state index in [2.05, 4.69) is 36.6 Å². The van der Waals surface area contributed by atoms with Crippen LogP contribution in [0.1, 0.15) is 47.2 Å². The highest BCUT2D eigenvalue weighted by Crippen LogP contribution is 2.43. The van der Waals surface area contributed by atoms with Crippen molar-refractivity contribution in [3.05, 3.63) is 143 Å². The van der Waals surface area contributed by atoms with Crippen LogP contribution in [0.25, 0.3) is 38.9 Å². The maximum absolute atomic E-state index is 14.6. The number of carbonyl (C=O) groups is 4. The molecule has 1 aliphatic heterocycles. The third-order valence-electron chi connectivity index (χ3n) is 11.8. The van der Waals surface area contributed by atoms with Crippen LogP contribution >= 0.6 is 0 Å². The number of nitrogen functional groups attached to an aromatic ring is 1. The molecule has 65 heavy (non-hydrogen) atoms. The van der Waals surface area contributed by atoms with E-state index in [-0.39, 0.29) is 23.5 Å². The molecule has 2 fully saturated rings. The standard InChI is InChI=1S/C46H41F2N11O6/c47-46(48)22-36(59(26-46)38(60)24-51-41(61)30-11-16-37(55-49)50-23-30)42(62)52-32-14-7-27(8-15-32)25-65-44(64)54-45(18-4-19-45)31-12-9-29(10-13-31)39-33(28-5-2-1-3-6-28)21-34-35(53-39)17-20-58-40(34)56-57-43(58)63/h1-3,5-17,20-21,23,36H,4,18-19,22,24-26,49H2,(H,50,55)(H,51,61)(H,52,62)(H,54,64)(H,57,63)/t36-/m0/s1. The fraction of sp³-hybridized carbons (Fsp3) is 0.217. The molecule has 7 aromatic rings. The molecule has 19 heteroatoms. The summed E-state index contributed by atoms with van der Waals surface area (Å²) in [5.41, 5.74) is 7.84. The molecule has 0 bridgehead atoms. The van der Waals surface area contributed by atoms with E-state index in [1.807, 2.05) is 60.7 Å². The summed E-state index contributed by atoms with van der Waals surface area (Å²) in [7, 11) is 0. The minimum absolute atomic E-state index is 0.0862. The van der Waals surface area contributed by atoms with E-state index in [4.69, 9.17) is 15.6 Å². The lowest BCUT2D eigenvalue weighted by atomic mass is 9.71. The van der Waals surface area contributed by atoms with E-state index >= 15 is 0 Å². The van der Waals surface area contributed by atoms with Gasteiger partial charge in [0.1, 0.15) is 18.5 Å². The Balaban J connectivity index is 0.816. The first-order valence-electron chi connectivity index (χ1n) is 20.7. The summed E-state index contributed by atoms with van der Waals surface area (Å²) >= 11 is 0. The van der Waals surface area contributed by atoms with Gasteiger partial charge in [0.15, 0.2) is 5.65 Å². The maximum Gasteiger partial charge on any atom is 0.408 e. The fourth-order valence-corrected chi connectivity index (χ4v) is 8.21. The molecule has 4 amide bonds. The molecule has 330 valence electrons. The summed E-state index contributed by atoms with van der Waals surface area (Å²) in [6.07, 6.45) is 3.71. The minimum Gasteiger partial charge on any atom is -0.445 e. The van der Waals surface area contributed by atoms with Crippen molar-refractivity contribution in [3.63, 3.8) is 0 Å². The van der Waals surface area contributed by atoms with Crippen molar-refractivity contribution in [2.75, 3.05) is 23.8 Å².